The predicted octanol–water partition coefficient (Wildman–Crippen LogP) is 1.42. The van der Waals surface area contributed by atoms with E-state index >= 15 is 0 Å². The summed E-state index contributed by atoms with van der Waals surface area (Å²) in [4.78, 5) is 15.8. The molecule has 82 valence electrons. The molecule has 0 fully saturated rings. The van der Waals surface area contributed by atoms with E-state index in [0.29, 0.717) is 5.82 Å². The van der Waals surface area contributed by atoms with Crippen molar-refractivity contribution in [1.82, 2.24) is 4.98 Å². The van der Waals surface area contributed by atoms with Gasteiger partial charge in [0, 0.05) is 19.2 Å². The Morgan fingerprint density at radius 2 is 2.13 bits per heavy atom. The van der Waals surface area contributed by atoms with Crippen molar-refractivity contribution in [1.29, 1.82) is 0 Å². The summed E-state index contributed by atoms with van der Waals surface area (Å²) in [5.74, 6) is 0.582. The highest BCUT2D eigenvalue weighted by Gasteiger charge is 2.15. The van der Waals surface area contributed by atoms with Gasteiger partial charge in [-0.2, -0.15) is 0 Å². The molecule has 0 saturated carbocycles. The Balaban J connectivity index is 3.06. The highest BCUT2D eigenvalue weighted by atomic mass is 16.6. The fraction of sp³-hybridized carbons (Fsp3) is 0.444. The van der Waals surface area contributed by atoms with E-state index in [1.807, 2.05) is 25.8 Å². The van der Waals surface area contributed by atoms with Gasteiger partial charge in [-0.25, -0.2) is 4.98 Å². The lowest BCUT2D eigenvalue weighted by Gasteiger charge is -2.22. The molecule has 1 aromatic rings. The second-order valence-corrected chi connectivity index (χ2v) is 3.54. The van der Waals surface area contributed by atoms with Crippen LogP contribution in [0.1, 0.15) is 13.8 Å². The number of pyridine rings is 1. The molecule has 0 aliphatic carbocycles. The van der Waals surface area contributed by atoms with E-state index in [4.69, 9.17) is 5.73 Å². The zero-order valence-corrected chi connectivity index (χ0v) is 8.97. The van der Waals surface area contributed by atoms with Crippen LogP contribution in [-0.2, 0) is 0 Å². The zero-order valence-electron chi connectivity index (χ0n) is 8.97. The Kier molecular flexibility index (Phi) is 3.08. The van der Waals surface area contributed by atoms with Crippen LogP contribution >= 0.6 is 0 Å². The molecule has 1 heterocycles. The van der Waals surface area contributed by atoms with Crippen molar-refractivity contribution >= 4 is 17.3 Å². The summed E-state index contributed by atoms with van der Waals surface area (Å²) in [6.07, 6.45) is 0. The van der Waals surface area contributed by atoms with Gasteiger partial charge in [-0.05, 0) is 19.9 Å². The molecule has 0 aromatic carbocycles. The highest BCUT2D eigenvalue weighted by molar-refractivity contribution is 5.57. The van der Waals surface area contributed by atoms with Crippen LogP contribution in [0.4, 0.5) is 17.3 Å². The Morgan fingerprint density at radius 3 is 2.53 bits per heavy atom. The SMILES string of the molecule is CC(C)N(C)c1ccc([N+](=O)[O-])c(N)n1. The summed E-state index contributed by atoms with van der Waals surface area (Å²) < 4.78 is 0. The van der Waals surface area contributed by atoms with Crippen molar-refractivity contribution in [2.45, 2.75) is 19.9 Å². The lowest BCUT2D eigenvalue weighted by atomic mass is 10.3. The van der Waals surface area contributed by atoms with Crippen LogP contribution < -0.4 is 10.6 Å². The number of rotatable bonds is 3. The smallest absolute Gasteiger partial charge is 0.311 e. The van der Waals surface area contributed by atoms with Crippen LogP contribution in [0.25, 0.3) is 0 Å². The fourth-order valence-corrected chi connectivity index (χ4v) is 1.07. The minimum atomic E-state index is -0.540. The summed E-state index contributed by atoms with van der Waals surface area (Å²) in [7, 11) is 1.86. The molecule has 0 spiro atoms. The molecule has 0 aliphatic heterocycles. The van der Waals surface area contributed by atoms with Gasteiger partial charge in [0.25, 0.3) is 0 Å². The number of nitrogen functional groups attached to an aromatic ring is 1. The maximum Gasteiger partial charge on any atom is 0.311 e. The number of hydrogen-bond acceptors (Lipinski definition) is 5. The molecule has 1 aromatic heterocycles. The molecule has 6 heteroatoms. The molecule has 0 atom stereocenters. The molecule has 2 N–H and O–H groups in total. The molecule has 0 radical (unpaired) electrons. The molecule has 6 nitrogen and oxygen atoms in total. The Morgan fingerprint density at radius 1 is 1.53 bits per heavy atom. The molecule has 0 bridgehead atoms. The quantitative estimate of drug-likeness (QED) is 0.602. The van der Waals surface area contributed by atoms with E-state index in [1.165, 1.54) is 6.07 Å². The second-order valence-electron chi connectivity index (χ2n) is 3.54. The number of nitrogens with two attached hydrogens (primary N) is 1. The normalized spacial score (nSPS) is 10.4. The predicted molar refractivity (Wildman–Crippen MR) is 58.8 cm³/mol. The molecule has 0 amide bonds. The van der Waals surface area contributed by atoms with E-state index < -0.39 is 4.92 Å². The van der Waals surface area contributed by atoms with Crippen LogP contribution in [-0.4, -0.2) is 23.0 Å². The summed E-state index contributed by atoms with van der Waals surface area (Å²) in [5.41, 5.74) is 5.32. The van der Waals surface area contributed by atoms with Crippen LogP contribution in [0.5, 0.6) is 0 Å². The van der Waals surface area contributed by atoms with Crippen LogP contribution in [0.2, 0.25) is 0 Å². The first-order chi connectivity index (χ1) is 6.93. The third-order valence-electron chi connectivity index (χ3n) is 2.22. The van der Waals surface area contributed by atoms with Crippen molar-refractivity contribution in [3.8, 4) is 0 Å². The number of aromatic nitrogens is 1. The Hall–Kier alpha value is -1.85. The largest absolute Gasteiger partial charge is 0.378 e. The van der Waals surface area contributed by atoms with Crippen LogP contribution in [0, 0.1) is 10.1 Å². The molecular formula is C9H14N4O2. The molecular weight excluding hydrogens is 196 g/mol. The standard InChI is InChI=1S/C9H14N4O2/c1-6(2)12(3)8-5-4-7(13(14)15)9(10)11-8/h4-6H,1-3H3,(H2,10,11). The van der Waals surface area contributed by atoms with Crippen molar-refractivity contribution in [3.05, 3.63) is 22.2 Å². The third-order valence-corrected chi connectivity index (χ3v) is 2.22. The molecule has 0 saturated heterocycles. The van der Waals surface area contributed by atoms with Crippen molar-refractivity contribution in [3.63, 3.8) is 0 Å². The number of nitro groups is 1. The van der Waals surface area contributed by atoms with Crippen molar-refractivity contribution < 1.29 is 4.92 Å². The van der Waals surface area contributed by atoms with E-state index in [2.05, 4.69) is 4.98 Å². The van der Waals surface area contributed by atoms with Crippen LogP contribution in [0.3, 0.4) is 0 Å². The average molecular weight is 210 g/mol. The molecule has 15 heavy (non-hydrogen) atoms. The van der Waals surface area contributed by atoms with E-state index in [9.17, 15) is 10.1 Å². The molecule has 1 rings (SSSR count). The Labute approximate surface area is 87.9 Å². The highest BCUT2D eigenvalue weighted by Crippen LogP contribution is 2.22. The van der Waals surface area contributed by atoms with Gasteiger partial charge in [-0.3, -0.25) is 10.1 Å². The van der Waals surface area contributed by atoms with Crippen LogP contribution in [0.15, 0.2) is 12.1 Å². The van der Waals surface area contributed by atoms with Gasteiger partial charge >= 0.3 is 5.69 Å². The second kappa shape index (κ2) is 4.12. The third kappa shape index (κ3) is 2.34. The topological polar surface area (TPSA) is 85.3 Å². The van der Waals surface area contributed by atoms with Crippen molar-refractivity contribution in [2.75, 3.05) is 17.7 Å². The minimum absolute atomic E-state index is 0.0509. The molecule has 0 aliphatic rings. The van der Waals surface area contributed by atoms with E-state index in [-0.39, 0.29) is 17.5 Å². The lowest BCUT2D eigenvalue weighted by molar-refractivity contribution is -0.384. The number of hydrogen-bond donors (Lipinski definition) is 1. The first-order valence-corrected chi connectivity index (χ1v) is 4.57. The van der Waals surface area contributed by atoms with E-state index in [1.54, 1.807) is 6.07 Å². The van der Waals surface area contributed by atoms with Gasteiger partial charge in [0.15, 0.2) is 0 Å². The molecule has 0 unspecified atom stereocenters. The summed E-state index contributed by atoms with van der Waals surface area (Å²) >= 11 is 0. The summed E-state index contributed by atoms with van der Waals surface area (Å²) in [6.45, 7) is 4.00. The number of nitrogens with zero attached hydrogens (tertiary/aromatic N) is 3. The fourth-order valence-electron chi connectivity index (χ4n) is 1.07. The maximum absolute atomic E-state index is 10.5. The first-order valence-electron chi connectivity index (χ1n) is 4.57. The summed E-state index contributed by atoms with van der Waals surface area (Å²) in [5, 5.41) is 10.5. The zero-order chi connectivity index (χ0) is 11.6. The monoisotopic (exact) mass is 210 g/mol. The maximum atomic E-state index is 10.5. The van der Waals surface area contributed by atoms with Gasteiger partial charge < -0.3 is 10.6 Å². The van der Waals surface area contributed by atoms with Gasteiger partial charge in [0.1, 0.15) is 5.82 Å². The van der Waals surface area contributed by atoms with Gasteiger partial charge in [-0.15, -0.1) is 0 Å². The lowest BCUT2D eigenvalue weighted by Crippen LogP contribution is -2.26. The average Bonchev–Trinajstić information content (AvgIpc) is 2.15. The summed E-state index contributed by atoms with van der Waals surface area (Å²) in [6, 6.07) is 3.23. The van der Waals surface area contributed by atoms with Crippen molar-refractivity contribution in [2.24, 2.45) is 0 Å². The first kappa shape index (κ1) is 11.2. The number of anilines is 2. The Bertz CT molecular complexity index is 378. The van der Waals surface area contributed by atoms with Gasteiger partial charge in [0.05, 0.1) is 4.92 Å². The van der Waals surface area contributed by atoms with Gasteiger partial charge in [-0.1, -0.05) is 0 Å². The van der Waals surface area contributed by atoms with E-state index in [0.717, 1.165) is 0 Å². The minimum Gasteiger partial charge on any atom is -0.378 e. The van der Waals surface area contributed by atoms with Gasteiger partial charge in [0.2, 0.25) is 5.82 Å².